The third-order valence-electron chi connectivity index (χ3n) is 5.63. The average Bonchev–Trinajstić information content (AvgIpc) is 2.73. The fourth-order valence-electron chi connectivity index (χ4n) is 3.73. The molecule has 0 radical (unpaired) electrons. The first-order chi connectivity index (χ1) is 15.2. The summed E-state index contributed by atoms with van der Waals surface area (Å²) in [7, 11) is 0. The highest BCUT2D eigenvalue weighted by Crippen LogP contribution is 2.40. The van der Waals surface area contributed by atoms with Crippen LogP contribution >= 0.6 is 0 Å². The van der Waals surface area contributed by atoms with Crippen molar-refractivity contribution in [2.75, 3.05) is 18.0 Å². The second kappa shape index (κ2) is 8.57. The van der Waals surface area contributed by atoms with Crippen molar-refractivity contribution in [3.63, 3.8) is 0 Å². The normalized spacial score (nSPS) is 15.2. The van der Waals surface area contributed by atoms with Gasteiger partial charge in [-0.05, 0) is 48.4 Å². The van der Waals surface area contributed by atoms with Crippen molar-refractivity contribution in [3.05, 3.63) is 83.9 Å². The van der Waals surface area contributed by atoms with Crippen LogP contribution in [-0.2, 0) is 11.0 Å². The molecule has 1 fully saturated rings. The van der Waals surface area contributed by atoms with Gasteiger partial charge in [0.25, 0.3) is 0 Å². The van der Waals surface area contributed by atoms with E-state index < -0.39 is 23.6 Å². The molecule has 166 valence electrons. The van der Waals surface area contributed by atoms with E-state index in [-0.39, 0.29) is 6.10 Å². The van der Waals surface area contributed by atoms with Gasteiger partial charge in [-0.1, -0.05) is 42.5 Å². The van der Waals surface area contributed by atoms with Crippen LogP contribution in [0.4, 0.5) is 18.9 Å². The molecule has 0 amide bonds. The molecule has 1 atom stereocenters. The van der Waals surface area contributed by atoms with Gasteiger partial charge in [0, 0.05) is 24.3 Å². The van der Waals surface area contributed by atoms with Crippen molar-refractivity contribution in [1.29, 1.82) is 0 Å². The fourth-order valence-corrected chi connectivity index (χ4v) is 3.73. The van der Waals surface area contributed by atoms with E-state index in [0.717, 1.165) is 23.4 Å². The van der Waals surface area contributed by atoms with Crippen LogP contribution in [-0.4, -0.2) is 24.2 Å². The number of carboxylic acid groups (broad SMARTS) is 1. The second-order valence-electron chi connectivity index (χ2n) is 7.87. The minimum atomic E-state index is -4.48. The number of halogens is 3. The van der Waals surface area contributed by atoms with Gasteiger partial charge in [0.05, 0.1) is 11.5 Å². The Balaban J connectivity index is 1.68. The van der Waals surface area contributed by atoms with Crippen LogP contribution in [0.1, 0.15) is 24.2 Å². The summed E-state index contributed by atoms with van der Waals surface area (Å²) < 4.78 is 46.4. The third kappa shape index (κ3) is 4.56. The molecule has 4 nitrogen and oxygen atoms in total. The Labute approximate surface area is 183 Å². The van der Waals surface area contributed by atoms with Gasteiger partial charge in [-0.15, -0.1) is 0 Å². The molecule has 1 aliphatic rings. The van der Waals surface area contributed by atoms with Gasteiger partial charge in [0.2, 0.25) is 0 Å². The number of anilines is 1. The Bertz CT molecular complexity index is 1110. The molecule has 1 heterocycles. The third-order valence-corrected chi connectivity index (χ3v) is 5.63. The zero-order chi connectivity index (χ0) is 22.9. The van der Waals surface area contributed by atoms with Crippen molar-refractivity contribution in [2.45, 2.75) is 19.2 Å². The number of carboxylic acids is 1. The van der Waals surface area contributed by atoms with E-state index in [4.69, 9.17) is 9.84 Å². The number of nitrogens with zero attached hydrogens (tertiary/aromatic N) is 1. The van der Waals surface area contributed by atoms with Gasteiger partial charge in [-0.3, -0.25) is 4.79 Å². The first kappa shape index (κ1) is 21.7. The van der Waals surface area contributed by atoms with Crippen LogP contribution < -0.4 is 9.64 Å². The molecule has 32 heavy (non-hydrogen) atoms. The molecule has 0 spiro atoms. The summed E-state index contributed by atoms with van der Waals surface area (Å²) in [5, 5.41) is 9.10. The smallest absolute Gasteiger partial charge is 0.416 e. The molecule has 3 aromatic rings. The van der Waals surface area contributed by atoms with Crippen LogP contribution in [0.25, 0.3) is 11.1 Å². The lowest BCUT2D eigenvalue weighted by Gasteiger charge is -2.38. The Morgan fingerprint density at radius 3 is 2.41 bits per heavy atom. The summed E-state index contributed by atoms with van der Waals surface area (Å²) in [5.74, 6) is -0.933. The van der Waals surface area contributed by atoms with Gasteiger partial charge in [-0.2, -0.15) is 13.2 Å². The molecule has 0 saturated carbocycles. The van der Waals surface area contributed by atoms with Gasteiger partial charge in [0.1, 0.15) is 11.9 Å². The minimum absolute atomic E-state index is 0.333. The van der Waals surface area contributed by atoms with Crippen LogP contribution in [0.3, 0.4) is 0 Å². The topological polar surface area (TPSA) is 49.8 Å². The summed E-state index contributed by atoms with van der Waals surface area (Å²) in [6.07, 6.45) is -4.84. The highest BCUT2D eigenvalue weighted by atomic mass is 19.4. The van der Waals surface area contributed by atoms with Gasteiger partial charge < -0.3 is 14.7 Å². The molecule has 0 bridgehead atoms. The largest absolute Gasteiger partial charge is 0.485 e. The maximum Gasteiger partial charge on any atom is 0.416 e. The van der Waals surface area contributed by atoms with Gasteiger partial charge >= 0.3 is 12.1 Å². The van der Waals surface area contributed by atoms with E-state index in [9.17, 15) is 18.0 Å². The SMILES string of the molecule is CC(Oc1ccc(C(F)(F)F)cc1-c1cccc(N2CC(C(=O)O)C2)c1)c1ccccc1. The van der Waals surface area contributed by atoms with E-state index >= 15 is 0 Å². The minimum Gasteiger partial charge on any atom is -0.485 e. The molecule has 1 aliphatic heterocycles. The number of aliphatic carboxylic acids is 1. The zero-order valence-electron chi connectivity index (χ0n) is 17.3. The molecular formula is C25H22F3NO3. The number of rotatable bonds is 6. The summed E-state index contributed by atoms with van der Waals surface area (Å²) >= 11 is 0. The standard InChI is InChI=1S/C25H22F3NO3/c1-16(17-6-3-2-4-7-17)32-23-11-10-20(25(26,27)28)13-22(23)18-8-5-9-21(12-18)29-14-19(15-29)24(30)31/h2-13,16,19H,14-15H2,1H3,(H,30,31). The Morgan fingerprint density at radius 1 is 1.03 bits per heavy atom. The molecule has 1 saturated heterocycles. The van der Waals surface area contributed by atoms with Crippen molar-refractivity contribution in [1.82, 2.24) is 0 Å². The van der Waals surface area contributed by atoms with E-state index in [1.54, 1.807) is 18.2 Å². The Morgan fingerprint density at radius 2 is 1.75 bits per heavy atom. The second-order valence-corrected chi connectivity index (χ2v) is 7.87. The van der Waals surface area contributed by atoms with Crippen molar-refractivity contribution in [2.24, 2.45) is 5.92 Å². The fraction of sp³-hybridized carbons (Fsp3) is 0.240. The van der Waals surface area contributed by atoms with Crippen LogP contribution in [0.2, 0.25) is 0 Å². The quantitative estimate of drug-likeness (QED) is 0.507. The molecule has 1 N–H and O–H groups in total. The lowest BCUT2D eigenvalue weighted by atomic mass is 9.97. The molecule has 7 heteroatoms. The number of benzene rings is 3. The molecule has 0 aromatic heterocycles. The first-order valence-electron chi connectivity index (χ1n) is 10.2. The van der Waals surface area contributed by atoms with E-state index in [0.29, 0.717) is 30.0 Å². The maximum atomic E-state index is 13.4. The predicted octanol–water partition coefficient (Wildman–Crippen LogP) is 6.03. The molecular weight excluding hydrogens is 419 g/mol. The number of hydrogen-bond donors (Lipinski definition) is 1. The Kier molecular flexibility index (Phi) is 5.82. The number of alkyl halides is 3. The van der Waals surface area contributed by atoms with Crippen LogP contribution in [0.5, 0.6) is 5.75 Å². The predicted molar refractivity (Wildman–Crippen MR) is 116 cm³/mol. The van der Waals surface area contributed by atoms with Gasteiger partial charge in [-0.25, -0.2) is 0 Å². The molecule has 4 rings (SSSR count). The van der Waals surface area contributed by atoms with E-state index in [1.807, 2.05) is 48.2 Å². The molecule has 0 aliphatic carbocycles. The number of hydrogen-bond acceptors (Lipinski definition) is 3. The highest BCUT2D eigenvalue weighted by molar-refractivity contribution is 5.77. The van der Waals surface area contributed by atoms with Crippen LogP contribution in [0, 0.1) is 5.92 Å². The summed E-state index contributed by atoms with van der Waals surface area (Å²) in [6, 6.07) is 20.0. The average molecular weight is 441 g/mol. The summed E-state index contributed by atoms with van der Waals surface area (Å²) in [5.41, 5.74) is 1.82. The number of ether oxygens (including phenoxy) is 1. The number of carbonyl (C=O) groups is 1. The molecule has 3 aromatic carbocycles. The highest BCUT2D eigenvalue weighted by Gasteiger charge is 2.33. The Hall–Kier alpha value is -3.48. The summed E-state index contributed by atoms with van der Waals surface area (Å²) in [6.45, 7) is 2.59. The first-order valence-corrected chi connectivity index (χ1v) is 10.2. The zero-order valence-corrected chi connectivity index (χ0v) is 17.3. The monoisotopic (exact) mass is 441 g/mol. The lowest BCUT2D eigenvalue weighted by molar-refractivity contribution is -0.142. The van der Waals surface area contributed by atoms with Crippen molar-refractivity contribution >= 4 is 11.7 Å². The van der Waals surface area contributed by atoms with E-state index in [1.165, 1.54) is 6.07 Å². The van der Waals surface area contributed by atoms with E-state index in [2.05, 4.69) is 0 Å². The lowest BCUT2D eigenvalue weighted by Crippen LogP contribution is -2.50. The molecule has 1 unspecified atom stereocenters. The summed E-state index contributed by atoms with van der Waals surface area (Å²) in [4.78, 5) is 13.0. The van der Waals surface area contributed by atoms with Crippen molar-refractivity contribution in [3.8, 4) is 16.9 Å². The maximum absolute atomic E-state index is 13.4. The van der Waals surface area contributed by atoms with Gasteiger partial charge in [0.15, 0.2) is 0 Å². The van der Waals surface area contributed by atoms with Crippen molar-refractivity contribution < 1.29 is 27.8 Å². The van der Waals surface area contributed by atoms with Crippen LogP contribution in [0.15, 0.2) is 72.8 Å².